The Morgan fingerprint density at radius 1 is 1.55 bits per heavy atom. The molecule has 0 bridgehead atoms. The highest BCUT2D eigenvalue weighted by atomic mass is 35.5. The Morgan fingerprint density at radius 3 is 2.27 bits per heavy atom. The zero-order valence-corrected chi connectivity index (χ0v) is 6.32. The van der Waals surface area contributed by atoms with E-state index in [2.05, 4.69) is 9.47 Å². The highest BCUT2D eigenvalue weighted by molar-refractivity contribution is 6.18. The zero-order valence-electron chi connectivity index (χ0n) is 5.57. The van der Waals surface area contributed by atoms with Gasteiger partial charge in [-0.3, -0.25) is 0 Å². The van der Waals surface area contributed by atoms with Crippen LogP contribution in [0, 0.1) is 0 Å². The van der Waals surface area contributed by atoms with Crippen LogP contribution < -0.4 is 0 Å². The van der Waals surface area contributed by atoms with Gasteiger partial charge in [0.15, 0.2) is 0 Å². The standard InChI is InChI=1S/C5H5ClF2O3/c1-4(7)5(8,2-6)11-3(9)10-4/h2H2,1H3. The summed E-state index contributed by atoms with van der Waals surface area (Å²) in [5.41, 5.74) is 0. The first kappa shape index (κ1) is 8.52. The van der Waals surface area contributed by atoms with Crippen LogP contribution in [-0.2, 0) is 9.47 Å². The van der Waals surface area contributed by atoms with E-state index >= 15 is 0 Å². The minimum Gasteiger partial charge on any atom is -0.390 e. The first-order chi connectivity index (χ1) is 4.91. The minimum absolute atomic E-state index is 0.736. The van der Waals surface area contributed by atoms with Crippen molar-refractivity contribution < 1.29 is 23.0 Å². The summed E-state index contributed by atoms with van der Waals surface area (Å²) in [6, 6.07) is 0. The van der Waals surface area contributed by atoms with Crippen LogP contribution in [0.5, 0.6) is 0 Å². The molecule has 1 aliphatic heterocycles. The lowest BCUT2D eigenvalue weighted by molar-refractivity contribution is -0.189. The van der Waals surface area contributed by atoms with Crippen molar-refractivity contribution in [3.05, 3.63) is 0 Å². The molecule has 0 spiro atoms. The van der Waals surface area contributed by atoms with Crippen molar-refractivity contribution in [1.82, 2.24) is 0 Å². The monoisotopic (exact) mass is 186 g/mol. The third kappa shape index (κ3) is 1.13. The van der Waals surface area contributed by atoms with Gasteiger partial charge in [0.1, 0.15) is 5.88 Å². The molecule has 11 heavy (non-hydrogen) atoms. The number of cyclic esters (lactones) is 2. The van der Waals surface area contributed by atoms with Crippen molar-refractivity contribution in [2.75, 3.05) is 5.88 Å². The van der Waals surface area contributed by atoms with Gasteiger partial charge in [-0.15, -0.1) is 11.6 Å². The number of rotatable bonds is 1. The molecule has 0 aromatic heterocycles. The van der Waals surface area contributed by atoms with E-state index in [1.54, 1.807) is 0 Å². The molecule has 1 heterocycles. The fourth-order valence-electron chi connectivity index (χ4n) is 0.623. The van der Waals surface area contributed by atoms with Crippen molar-refractivity contribution in [2.45, 2.75) is 18.6 Å². The van der Waals surface area contributed by atoms with Gasteiger partial charge in [0.05, 0.1) is 0 Å². The summed E-state index contributed by atoms with van der Waals surface area (Å²) >= 11 is 5.03. The van der Waals surface area contributed by atoms with Crippen molar-refractivity contribution in [2.24, 2.45) is 0 Å². The maximum absolute atomic E-state index is 13.0. The molecule has 0 N–H and O–H groups in total. The largest absolute Gasteiger partial charge is 0.514 e. The van der Waals surface area contributed by atoms with Crippen molar-refractivity contribution in [1.29, 1.82) is 0 Å². The average molecular weight is 187 g/mol. The summed E-state index contributed by atoms with van der Waals surface area (Å²) in [5, 5.41) is 0. The van der Waals surface area contributed by atoms with E-state index in [4.69, 9.17) is 11.6 Å². The second-order valence-electron chi connectivity index (χ2n) is 2.23. The Kier molecular flexibility index (Phi) is 1.70. The quantitative estimate of drug-likeness (QED) is 0.462. The summed E-state index contributed by atoms with van der Waals surface area (Å²) in [7, 11) is 0. The Hall–Kier alpha value is -0.580. The average Bonchev–Trinajstić information content (AvgIpc) is 2.03. The van der Waals surface area contributed by atoms with E-state index in [9.17, 15) is 13.6 Å². The van der Waals surface area contributed by atoms with Gasteiger partial charge in [-0.05, 0) is 0 Å². The topological polar surface area (TPSA) is 35.5 Å². The van der Waals surface area contributed by atoms with Gasteiger partial charge in [-0.25, -0.2) is 4.79 Å². The van der Waals surface area contributed by atoms with Crippen LogP contribution in [0.25, 0.3) is 0 Å². The minimum atomic E-state index is -2.87. The van der Waals surface area contributed by atoms with Crippen LogP contribution >= 0.6 is 11.6 Å². The summed E-state index contributed by atoms with van der Waals surface area (Å²) in [4.78, 5) is 10.3. The maximum Gasteiger partial charge on any atom is 0.514 e. The number of hydrogen-bond acceptors (Lipinski definition) is 3. The van der Waals surface area contributed by atoms with E-state index in [1.807, 2.05) is 0 Å². The Balaban J connectivity index is 2.89. The van der Waals surface area contributed by atoms with Crippen LogP contribution in [0.2, 0.25) is 0 Å². The summed E-state index contributed by atoms with van der Waals surface area (Å²) in [5.74, 6) is -6.47. The fourth-order valence-corrected chi connectivity index (χ4v) is 0.917. The number of carbonyl (C=O) groups excluding carboxylic acids is 1. The summed E-state index contributed by atoms with van der Waals surface area (Å²) < 4.78 is 33.6. The molecule has 0 amide bonds. The highest BCUT2D eigenvalue weighted by Gasteiger charge is 2.62. The van der Waals surface area contributed by atoms with Crippen molar-refractivity contribution >= 4 is 17.8 Å². The van der Waals surface area contributed by atoms with Crippen molar-refractivity contribution in [3.8, 4) is 0 Å². The zero-order chi connectivity index (χ0) is 8.70. The van der Waals surface area contributed by atoms with Gasteiger partial charge in [0.25, 0.3) is 0 Å². The van der Waals surface area contributed by atoms with Gasteiger partial charge in [-0.2, -0.15) is 8.78 Å². The Labute approximate surface area is 66.2 Å². The molecule has 1 fully saturated rings. The third-order valence-corrected chi connectivity index (χ3v) is 1.70. The van der Waals surface area contributed by atoms with Gasteiger partial charge < -0.3 is 9.47 Å². The van der Waals surface area contributed by atoms with E-state index < -0.39 is 23.7 Å². The molecule has 0 radical (unpaired) electrons. The van der Waals surface area contributed by atoms with E-state index in [0.717, 1.165) is 6.92 Å². The number of halogens is 3. The molecule has 6 heteroatoms. The highest BCUT2D eigenvalue weighted by Crippen LogP contribution is 2.40. The first-order valence-electron chi connectivity index (χ1n) is 2.77. The predicted molar refractivity (Wildman–Crippen MR) is 31.6 cm³/mol. The maximum atomic E-state index is 13.0. The molecule has 0 aliphatic carbocycles. The van der Waals surface area contributed by atoms with Crippen LogP contribution in [-0.4, -0.2) is 23.7 Å². The normalized spacial score (nSPS) is 43.5. The van der Waals surface area contributed by atoms with Gasteiger partial charge in [-0.1, -0.05) is 0 Å². The molecule has 1 saturated heterocycles. The second-order valence-corrected chi connectivity index (χ2v) is 2.50. The molecular formula is C5H5ClF2O3. The SMILES string of the molecule is CC1(F)OC(=O)OC1(F)CCl. The van der Waals surface area contributed by atoms with Gasteiger partial charge in [0, 0.05) is 6.92 Å². The van der Waals surface area contributed by atoms with Crippen LogP contribution in [0.15, 0.2) is 0 Å². The molecule has 0 aromatic rings. The Bertz CT molecular complexity index is 196. The molecular weight excluding hydrogens is 182 g/mol. The number of alkyl halides is 3. The van der Waals surface area contributed by atoms with Crippen molar-refractivity contribution in [3.63, 3.8) is 0 Å². The molecule has 2 unspecified atom stereocenters. The molecule has 2 atom stereocenters. The number of hydrogen-bond donors (Lipinski definition) is 0. The lowest BCUT2D eigenvalue weighted by Crippen LogP contribution is -2.43. The summed E-state index contributed by atoms with van der Waals surface area (Å²) in [6.07, 6.45) is -1.39. The van der Waals surface area contributed by atoms with Crippen LogP contribution in [0.1, 0.15) is 6.92 Å². The molecule has 0 aromatic carbocycles. The van der Waals surface area contributed by atoms with Gasteiger partial charge >= 0.3 is 17.9 Å². The third-order valence-electron chi connectivity index (χ3n) is 1.36. The Morgan fingerprint density at radius 2 is 2.09 bits per heavy atom. The predicted octanol–water partition coefficient (Wildman–Crippen LogP) is 1.74. The fraction of sp³-hybridized carbons (Fsp3) is 0.800. The van der Waals surface area contributed by atoms with Crippen LogP contribution in [0.3, 0.4) is 0 Å². The lowest BCUT2D eigenvalue weighted by Gasteiger charge is -2.21. The molecule has 1 aliphatic rings. The molecule has 3 nitrogen and oxygen atoms in total. The van der Waals surface area contributed by atoms with Gasteiger partial charge in [0.2, 0.25) is 0 Å². The smallest absolute Gasteiger partial charge is 0.390 e. The van der Waals surface area contributed by atoms with E-state index in [1.165, 1.54) is 0 Å². The van der Waals surface area contributed by atoms with Crippen LogP contribution in [0.4, 0.5) is 13.6 Å². The van der Waals surface area contributed by atoms with E-state index in [-0.39, 0.29) is 0 Å². The molecule has 64 valence electrons. The second kappa shape index (κ2) is 2.20. The molecule has 0 saturated carbocycles. The number of carbonyl (C=O) groups is 1. The first-order valence-corrected chi connectivity index (χ1v) is 3.30. The molecule has 1 rings (SSSR count). The number of ether oxygens (including phenoxy) is 2. The van der Waals surface area contributed by atoms with E-state index in [0.29, 0.717) is 0 Å². The lowest BCUT2D eigenvalue weighted by atomic mass is 10.2. The summed E-state index contributed by atoms with van der Waals surface area (Å²) in [6.45, 7) is 0.736.